The van der Waals surface area contributed by atoms with Crippen LogP contribution >= 0.6 is 0 Å². The molecule has 2 aromatic carbocycles. The van der Waals surface area contributed by atoms with Crippen LogP contribution in [0.3, 0.4) is 0 Å². The smallest absolute Gasteiger partial charge is 0.0731 e. The van der Waals surface area contributed by atoms with Gasteiger partial charge in [-0.2, -0.15) is 0 Å². The summed E-state index contributed by atoms with van der Waals surface area (Å²) in [7, 11) is 0. The quantitative estimate of drug-likeness (QED) is 0.574. The van der Waals surface area contributed by atoms with Gasteiger partial charge in [0.05, 0.1) is 23.4 Å². The monoisotopic (exact) mass is 336 g/mol. The van der Waals surface area contributed by atoms with Gasteiger partial charge in [-0.05, 0) is 47.5 Å². The molecule has 3 heterocycles. The van der Waals surface area contributed by atoms with Gasteiger partial charge in [0.15, 0.2) is 0 Å². The van der Waals surface area contributed by atoms with Crippen LogP contribution in [0.4, 0.5) is 11.4 Å². The Morgan fingerprint density at radius 1 is 0.885 bits per heavy atom. The Morgan fingerprint density at radius 3 is 2.69 bits per heavy atom. The van der Waals surface area contributed by atoms with Crippen LogP contribution in [0.5, 0.6) is 0 Å². The van der Waals surface area contributed by atoms with Crippen LogP contribution in [0.1, 0.15) is 11.1 Å². The average Bonchev–Trinajstić information content (AvgIpc) is 3.16. The lowest BCUT2D eigenvalue weighted by Crippen LogP contribution is -1.96. The van der Waals surface area contributed by atoms with Gasteiger partial charge >= 0.3 is 0 Å². The van der Waals surface area contributed by atoms with Crippen molar-refractivity contribution in [3.63, 3.8) is 0 Å². The number of para-hydroxylation sites is 1. The van der Waals surface area contributed by atoms with Crippen molar-refractivity contribution in [3.8, 4) is 11.3 Å². The molecule has 4 heteroatoms. The van der Waals surface area contributed by atoms with E-state index in [2.05, 4.69) is 45.6 Å². The highest BCUT2D eigenvalue weighted by molar-refractivity contribution is 5.96. The molecule has 0 unspecified atom stereocenters. The summed E-state index contributed by atoms with van der Waals surface area (Å²) in [6.07, 6.45) is 5.52. The zero-order valence-electron chi connectivity index (χ0n) is 14.1. The van der Waals surface area contributed by atoms with Gasteiger partial charge in [0.25, 0.3) is 0 Å². The third-order valence-electron chi connectivity index (χ3n) is 4.61. The van der Waals surface area contributed by atoms with Crippen LogP contribution in [-0.2, 0) is 6.54 Å². The molecular weight excluding hydrogens is 320 g/mol. The normalized spacial score (nSPS) is 12.3. The number of nitrogens with one attached hydrogen (secondary N) is 1. The number of nitrogens with zero attached hydrogens (tertiary/aromatic N) is 3. The molecule has 4 nitrogen and oxygen atoms in total. The van der Waals surface area contributed by atoms with E-state index in [1.165, 1.54) is 11.1 Å². The van der Waals surface area contributed by atoms with Crippen molar-refractivity contribution in [1.29, 1.82) is 0 Å². The Hall–Kier alpha value is -3.53. The van der Waals surface area contributed by atoms with E-state index in [0.717, 1.165) is 40.1 Å². The van der Waals surface area contributed by atoms with Crippen molar-refractivity contribution in [2.75, 3.05) is 5.32 Å². The van der Waals surface area contributed by atoms with Gasteiger partial charge in [-0.25, -0.2) is 4.98 Å². The predicted molar refractivity (Wildman–Crippen MR) is 106 cm³/mol. The van der Waals surface area contributed by atoms with Gasteiger partial charge in [-0.15, -0.1) is 0 Å². The largest absolute Gasteiger partial charge is 0.355 e. The minimum atomic E-state index is 0.778. The molecule has 0 atom stereocenters. The number of pyridine rings is 2. The molecule has 124 valence electrons. The average molecular weight is 336 g/mol. The van der Waals surface area contributed by atoms with Gasteiger partial charge in [-0.3, -0.25) is 9.98 Å². The Bertz CT molecular complexity index is 1130. The van der Waals surface area contributed by atoms with Crippen LogP contribution in [-0.4, -0.2) is 16.2 Å². The van der Waals surface area contributed by atoms with E-state index in [1.54, 1.807) is 12.4 Å². The molecule has 26 heavy (non-hydrogen) atoms. The maximum Gasteiger partial charge on any atom is 0.0731 e. The summed E-state index contributed by atoms with van der Waals surface area (Å²) >= 11 is 0. The van der Waals surface area contributed by atoms with Crippen LogP contribution in [0, 0.1) is 0 Å². The lowest BCUT2D eigenvalue weighted by molar-refractivity contribution is 1.11. The molecule has 0 fully saturated rings. The maximum absolute atomic E-state index is 4.82. The summed E-state index contributed by atoms with van der Waals surface area (Å²) in [5.41, 5.74) is 7.49. The molecule has 0 amide bonds. The lowest BCUT2D eigenvalue weighted by Gasteiger charge is -2.13. The van der Waals surface area contributed by atoms with Gasteiger partial charge in [0.2, 0.25) is 0 Å². The fourth-order valence-electron chi connectivity index (χ4n) is 3.28. The van der Waals surface area contributed by atoms with E-state index in [1.807, 2.05) is 36.5 Å². The number of hydrogen-bond donors (Lipinski definition) is 1. The second-order valence-electron chi connectivity index (χ2n) is 6.32. The fourth-order valence-corrected chi connectivity index (χ4v) is 3.28. The molecule has 1 aliphatic heterocycles. The van der Waals surface area contributed by atoms with E-state index in [4.69, 9.17) is 4.98 Å². The van der Waals surface area contributed by atoms with E-state index in [9.17, 15) is 0 Å². The van der Waals surface area contributed by atoms with Crippen molar-refractivity contribution in [1.82, 2.24) is 9.97 Å². The van der Waals surface area contributed by atoms with Crippen LogP contribution in [0.25, 0.3) is 22.2 Å². The van der Waals surface area contributed by atoms with Crippen molar-refractivity contribution >= 4 is 28.5 Å². The summed E-state index contributed by atoms with van der Waals surface area (Å²) in [5.74, 6) is 0. The standard InChI is InChI=1S/C22H16N4/c1-2-4-20-19(3-1)22(12-21(26-20)15-7-9-23-10-8-15)25-18-6-5-16-13-24-14-17(16)11-18/h1-12,14H,13H2,(H,25,26). The van der Waals surface area contributed by atoms with Crippen molar-refractivity contribution in [2.24, 2.45) is 4.99 Å². The summed E-state index contributed by atoms with van der Waals surface area (Å²) in [6.45, 7) is 0.778. The Kier molecular flexibility index (Phi) is 3.46. The highest BCUT2D eigenvalue weighted by atomic mass is 14.9. The highest BCUT2D eigenvalue weighted by Crippen LogP contribution is 2.31. The number of aromatic nitrogens is 2. The molecule has 4 aromatic rings. The van der Waals surface area contributed by atoms with Gasteiger partial charge in [0, 0.05) is 35.2 Å². The summed E-state index contributed by atoms with van der Waals surface area (Å²) in [5, 5.41) is 4.67. The number of anilines is 2. The molecule has 2 aromatic heterocycles. The molecule has 0 radical (unpaired) electrons. The third-order valence-corrected chi connectivity index (χ3v) is 4.61. The molecule has 0 aliphatic carbocycles. The minimum Gasteiger partial charge on any atom is -0.355 e. The zero-order chi connectivity index (χ0) is 17.3. The van der Waals surface area contributed by atoms with Crippen LogP contribution in [0.15, 0.2) is 78.0 Å². The third kappa shape index (κ3) is 2.62. The Labute approximate surface area is 151 Å². The predicted octanol–water partition coefficient (Wildman–Crippen LogP) is 4.97. The lowest BCUT2D eigenvalue weighted by atomic mass is 10.1. The van der Waals surface area contributed by atoms with E-state index < -0.39 is 0 Å². The number of hydrogen-bond acceptors (Lipinski definition) is 4. The molecule has 0 bridgehead atoms. The molecule has 1 N–H and O–H groups in total. The molecule has 0 saturated carbocycles. The van der Waals surface area contributed by atoms with Crippen molar-refractivity contribution in [3.05, 3.63) is 84.2 Å². The number of fused-ring (bicyclic) bond motifs is 2. The zero-order valence-corrected chi connectivity index (χ0v) is 14.1. The first-order valence-electron chi connectivity index (χ1n) is 8.57. The first-order valence-corrected chi connectivity index (χ1v) is 8.57. The van der Waals surface area contributed by atoms with E-state index in [-0.39, 0.29) is 0 Å². The second-order valence-corrected chi connectivity index (χ2v) is 6.32. The topological polar surface area (TPSA) is 50.2 Å². The molecular formula is C22H16N4. The highest BCUT2D eigenvalue weighted by Gasteiger charge is 2.10. The number of rotatable bonds is 3. The SMILES string of the molecule is C1=NCc2ccc(Nc3cc(-c4ccncc4)nc4ccccc34)cc21. The van der Waals surface area contributed by atoms with Gasteiger partial charge in [-0.1, -0.05) is 24.3 Å². The minimum absolute atomic E-state index is 0.778. The molecule has 0 saturated heterocycles. The first kappa shape index (κ1) is 14.8. The van der Waals surface area contributed by atoms with Crippen LogP contribution < -0.4 is 5.32 Å². The van der Waals surface area contributed by atoms with Gasteiger partial charge in [0.1, 0.15) is 0 Å². The molecule has 0 spiro atoms. The van der Waals surface area contributed by atoms with Gasteiger partial charge < -0.3 is 5.32 Å². The summed E-state index contributed by atoms with van der Waals surface area (Å²) in [4.78, 5) is 13.3. The first-order chi connectivity index (χ1) is 12.9. The maximum atomic E-state index is 4.82. The molecule has 5 rings (SSSR count). The van der Waals surface area contributed by atoms with Crippen LogP contribution in [0.2, 0.25) is 0 Å². The van der Waals surface area contributed by atoms with E-state index in [0.29, 0.717) is 0 Å². The van der Waals surface area contributed by atoms with Crippen molar-refractivity contribution < 1.29 is 0 Å². The molecule has 1 aliphatic rings. The number of aliphatic imine (C=N–C) groups is 1. The fraction of sp³-hybridized carbons (Fsp3) is 0.0455. The summed E-state index contributed by atoms with van der Waals surface area (Å²) in [6, 6.07) is 20.6. The summed E-state index contributed by atoms with van der Waals surface area (Å²) < 4.78 is 0. The second kappa shape index (κ2) is 6.08. The number of benzene rings is 2. The Balaban J connectivity index is 1.63. The van der Waals surface area contributed by atoms with E-state index >= 15 is 0 Å². The van der Waals surface area contributed by atoms with Crippen molar-refractivity contribution in [2.45, 2.75) is 6.54 Å². The Morgan fingerprint density at radius 2 is 1.77 bits per heavy atom.